The predicted molar refractivity (Wildman–Crippen MR) is 134 cm³/mol. The van der Waals surface area contributed by atoms with Crippen molar-refractivity contribution in [1.82, 2.24) is 4.90 Å². The number of hydrogen-bond donors (Lipinski definition) is 2. The molecule has 0 aromatic heterocycles. The van der Waals surface area contributed by atoms with Gasteiger partial charge < -0.3 is 24.7 Å². The Labute approximate surface area is 206 Å². The molecule has 2 N–H and O–H groups in total. The van der Waals surface area contributed by atoms with Gasteiger partial charge in [0.1, 0.15) is 23.2 Å². The third-order valence-electron chi connectivity index (χ3n) is 6.10. The van der Waals surface area contributed by atoms with E-state index in [-0.39, 0.29) is 42.1 Å². The van der Waals surface area contributed by atoms with Crippen LogP contribution < -0.4 is 0 Å². The summed E-state index contributed by atoms with van der Waals surface area (Å²) in [5.74, 6) is -1.28. The van der Waals surface area contributed by atoms with E-state index in [9.17, 15) is 19.8 Å². The highest BCUT2D eigenvalue weighted by molar-refractivity contribution is 6.00. The summed E-state index contributed by atoms with van der Waals surface area (Å²) in [7, 11) is 0. The molecule has 1 aromatic carbocycles. The zero-order chi connectivity index (χ0) is 25.0. The summed E-state index contributed by atoms with van der Waals surface area (Å²) < 4.78 is 5.73. The lowest BCUT2D eigenvalue weighted by atomic mass is 9.99. The van der Waals surface area contributed by atoms with Crippen LogP contribution in [0.15, 0.2) is 41.6 Å². The van der Waals surface area contributed by atoms with E-state index in [4.69, 9.17) is 9.57 Å². The maximum absolute atomic E-state index is 13.1. The van der Waals surface area contributed by atoms with Gasteiger partial charge in [-0.1, -0.05) is 36.7 Å². The van der Waals surface area contributed by atoms with Crippen LogP contribution >= 0.6 is 0 Å². The summed E-state index contributed by atoms with van der Waals surface area (Å²) in [4.78, 5) is 32.6. The maximum atomic E-state index is 13.1. The number of nitrogens with zero attached hydrogens (tertiary/aromatic N) is 2. The first-order valence-corrected chi connectivity index (χ1v) is 12.5. The van der Waals surface area contributed by atoms with E-state index in [0.29, 0.717) is 24.1 Å². The van der Waals surface area contributed by atoms with Crippen molar-refractivity contribution in [3.63, 3.8) is 0 Å². The number of carbonyl (C=O) groups is 2. The Hall–Kier alpha value is -3.29. The molecule has 1 aromatic rings. The number of benzene rings is 1. The third kappa shape index (κ3) is 8.16. The molecule has 2 aliphatic rings. The molecule has 2 heterocycles. The largest absolute Gasteiger partial charge is 0.508 e. The molecule has 1 amide bonds. The van der Waals surface area contributed by atoms with Crippen LogP contribution in [0.25, 0.3) is 0 Å². The van der Waals surface area contributed by atoms with Crippen molar-refractivity contribution in [2.45, 2.75) is 70.8 Å². The quantitative estimate of drug-likeness (QED) is 0.358. The van der Waals surface area contributed by atoms with Gasteiger partial charge in [0, 0.05) is 32.0 Å². The summed E-state index contributed by atoms with van der Waals surface area (Å²) >= 11 is 0. The number of esters is 1. The van der Waals surface area contributed by atoms with E-state index in [1.165, 1.54) is 6.07 Å². The number of fused-ring (bicyclic) bond motifs is 1. The summed E-state index contributed by atoms with van der Waals surface area (Å²) in [5.41, 5.74) is 0.821. The number of oxime groups is 1. The molecule has 0 aliphatic carbocycles. The van der Waals surface area contributed by atoms with Crippen LogP contribution in [0, 0.1) is 0 Å². The molecule has 1 unspecified atom stereocenters. The number of ether oxygens (including phenoxy) is 1. The first-order chi connectivity index (χ1) is 17.0. The average Bonchev–Trinajstić information content (AvgIpc) is 2.82. The molecule has 190 valence electrons. The average molecular weight is 485 g/mol. The minimum absolute atomic E-state index is 0.00423. The monoisotopic (exact) mass is 484 g/mol. The molecule has 1 fully saturated rings. The molecule has 0 saturated carbocycles. The van der Waals surface area contributed by atoms with Crippen molar-refractivity contribution in [3.05, 3.63) is 47.6 Å². The van der Waals surface area contributed by atoms with E-state index >= 15 is 0 Å². The van der Waals surface area contributed by atoms with Gasteiger partial charge in [-0.15, -0.1) is 0 Å². The number of aromatic hydroxyl groups is 2. The molecular formula is C27H36N2O6. The zero-order valence-electron chi connectivity index (χ0n) is 20.4. The second-order valence-electron chi connectivity index (χ2n) is 8.98. The normalized spacial score (nSPS) is 22.5. The van der Waals surface area contributed by atoms with Gasteiger partial charge in [-0.25, -0.2) is 4.79 Å². The zero-order valence-corrected chi connectivity index (χ0v) is 20.4. The van der Waals surface area contributed by atoms with E-state index in [1.807, 2.05) is 19.1 Å². The fourth-order valence-electron chi connectivity index (χ4n) is 4.30. The SMILES string of the molecule is CCCC1C/C=C/CC/C=C/C(=NOCC(=O)N2CCCCC2)Cc2cc(O)cc(O)c2C(=O)O1. The van der Waals surface area contributed by atoms with Gasteiger partial charge in [-0.2, -0.15) is 0 Å². The molecule has 8 nitrogen and oxygen atoms in total. The molecule has 2 aliphatic heterocycles. The van der Waals surface area contributed by atoms with Crippen molar-refractivity contribution >= 4 is 17.6 Å². The topological polar surface area (TPSA) is 109 Å². The Balaban J connectivity index is 1.84. The van der Waals surface area contributed by atoms with Crippen molar-refractivity contribution < 1.29 is 29.4 Å². The maximum Gasteiger partial charge on any atom is 0.342 e. The number of amides is 1. The Morgan fingerprint density at radius 3 is 2.69 bits per heavy atom. The Morgan fingerprint density at radius 1 is 1.14 bits per heavy atom. The number of likely N-dealkylation sites (tertiary alicyclic amines) is 1. The molecule has 3 rings (SSSR count). The smallest absolute Gasteiger partial charge is 0.342 e. The Bertz CT molecular complexity index is 963. The molecule has 0 bridgehead atoms. The van der Waals surface area contributed by atoms with E-state index in [2.05, 4.69) is 11.2 Å². The van der Waals surface area contributed by atoms with Crippen LogP contribution in [-0.2, 0) is 20.8 Å². The molecule has 1 saturated heterocycles. The predicted octanol–water partition coefficient (Wildman–Crippen LogP) is 4.65. The van der Waals surface area contributed by atoms with Gasteiger partial charge in [0.25, 0.3) is 5.91 Å². The summed E-state index contributed by atoms with van der Waals surface area (Å²) in [6.07, 6.45) is 14.5. The van der Waals surface area contributed by atoms with Crippen molar-refractivity contribution in [3.8, 4) is 11.5 Å². The Kier molecular flexibility index (Phi) is 10.2. The number of phenolic OH excluding ortho intramolecular Hbond substituents is 2. The highest BCUT2D eigenvalue weighted by Crippen LogP contribution is 2.30. The summed E-state index contributed by atoms with van der Waals surface area (Å²) in [5, 5.41) is 24.7. The first kappa shape index (κ1) is 26.3. The lowest BCUT2D eigenvalue weighted by Crippen LogP contribution is -2.37. The van der Waals surface area contributed by atoms with Gasteiger partial charge in [-0.05, 0) is 56.2 Å². The number of piperidine rings is 1. The van der Waals surface area contributed by atoms with Crippen molar-refractivity contribution in [2.75, 3.05) is 19.7 Å². The number of carbonyl (C=O) groups excluding carboxylic acids is 2. The van der Waals surface area contributed by atoms with Crippen LogP contribution in [0.3, 0.4) is 0 Å². The van der Waals surface area contributed by atoms with Crippen LogP contribution in [0.5, 0.6) is 11.5 Å². The van der Waals surface area contributed by atoms with Crippen molar-refractivity contribution in [1.29, 1.82) is 0 Å². The van der Waals surface area contributed by atoms with Gasteiger partial charge in [0.15, 0.2) is 6.61 Å². The highest BCUT2D eigenvalue weighted by Gasteiger charge is 2.23. The fourth-order valence-corrected chi connectivity index (χ4v) is 4.30. The third-order valence-corrected chi connectivity index (χ3v) is 6.10. The highest BCUT2D eigenvalue weighted by atomic mass is 16.6. The lowest BCUT2D eigenvalue weighted by molar-refractivity contribution is -0.137. The van der Waals surface area contributed by atoms with Gasteiger partial charge >= 0.3 is 5.97 Å². The molecule has 35 heavy (non-hydrogen) atoms. The molecule has 0 radical (unpaired) electrons. The van der Waals surface area contributed by atoms with Crippen molar-refractivity contribution in [2.24, 2.45) is 5.16 Å². The van der Waals surface area contributed by atoms with Crippen LogP contribution in [-0.4, -0.2) is 58.5 Å². The molecule has 0 spiro atoms. The number of allylic oxidation sites excluding steroid dienone is 3. The number of phenols is 2. The lowest BCUT2D eigenvalue weighted by Gasteiger charge is -2.26. The van der Waals surface area contributed by atoms with Gasteiger partial charge in [0.05, 0.1) is 5.71 Å². The second-order valence-corrected chi connectivity index (χ2v) is 8.98. The minimum atomic E-state index is -0.647. The summed E-state index contributed by atoms with van der Waals surface area (Å²) in [6.45, 7) is 3.33. The van der Waals surface area contributed by atoms with Gasteiger partial charge in [-0.3, -0.25) is 4.79 Å². The minimum Gasteiger partial charge on any atom is -0.508 e. The summed E-state index contributed by atoms with van der Waals surface area (Å²) in [6, 6.07) is 2.54. The Morgan fingerprint density at radius 2 is 1.91 bits per heavy atom. The standard InChI is InChI=1S/C27H36N2O6/c1-2-11-23-13-8-5-3-4-7-12-21(28-34-19-25(32)29-14-9-6-10-15-29)16-20-17-22(30)18-24(31)26(20)27(33)35-23/h5,7-8,12,17-18,23,30-31H,2-4,6,9-11,13-16,19H2,1H3/b8-5+,12-7+,28-21?. The van der Waals surface area contributed by atoms with Gasteiger partial charge in [0.2, 0.25) is 0 Å². The van der Waals surface area contributed by atoms with E-state index in [1.54, 1.807) is 11.0 Å². The number of hydrogen-bond acceptors (Lipinski definition) is 7. The van der Waals surface area contributed by atoms with E-state index in [0.717, 1.165) is 57.7 Å². The molecule has 1 atom stereocenters. The first-order valence-electron chi connectivity index (χ1n) is 12.5. The number of rotatable bonds is 5. The van der Waals surface area contributed by atoms with E-state index < -0.39 is 5.97 Å². The molecular weight excluding hydrogens is 448 g/mol. The van der Waals surface area contributed by atoms with Crippen LogP contribution in [0.2, 0.25) is 0 Å². The second kappa shape index (κ2) is 13.6. The van der Waals surface area contributed by atoms with Crippen LogP contribution in [0.4, 0.5) is 0 Å². The number of cyclic esters (lactones) is 1. The molecule has 8 heteroatoms. The van der Waals surface area contributed by atoms with Crippen LogP contribution in [0.1, 0.15) is 74.2 Å². The fraction of sp³-hybridized carbons (Fsp3) is 0.519.